The molecule has 2 atom stereocenters. The molecule has 0 rings (SSSR count). The summed E-state index contributed by atoms with van der Waals surface area (Å²) in [6, 6.07) is 0. The standard InChI is InChI=1S/C9H23NO4Si.Si/c1-6-8(10)14-9(7-2)15(11-3,12-4)13-5;/h8-9H,6-7,10H2,1-5H3;. The van der Waals surface area contributed by atoms with Crippen LogP contribution in [0, 0.1) is 0 Å². The fraction of sp³-hybridized carbons (Fsp3) is 1.00. The number of rotatable bonds is 8. The van der Waals surface area contributed by atoms with Gasteiger partial charge in [0.15, 0.2) is 0 Å². The van der Waals surface area contributed by atoms with Gasteiger partial charge in [-0.05, 0) is 12.8 Å². The Bertz CT molecular complexity index is 161. The Balaban J connectivity index is 0. The first kappa shape index (κ1) is 18.6. The monoisotopic (exact) mass is 265 g/mol. The normalized spacial score (nSPS) is 15.4. The van der Waals surface area contributed by atoms with Crippen LogP contribution in [0.4, 0.5) is 0 Å². The Morgan fingerprint density at radius 2 is 1.44 bits per heavy atom. The van der Waals surface area contributed by atoms with E-state index in [4.69, 9.17) is 23.7 Å². The Hall–Kier alpha value is 0.234. The van der Waals surface area contributed by atoms with Crippen LogP contribution in [0.15, 0.2) is 0 Å². The quantitative estimate of drug-likeness (QED) is 0.512. The molecule has 5 nitrogen and oxygen atoms in total. The molecule has 0 aromatic carbocycles. The zero-order valence-corrected chi connectivity index (χ0v) is 12.8. The Kier molecular flexibility index (Phi) is 10.8. The SMILES string of the molecule is CCC(N)OC(CC)[Si](OC)(OC)OC.[Si]. The van der Waals surface area contributed by atoms with Gasteiger partial charge in [0.2, 0.25) is 0 Å². The molecule has 0 saturated heterocycles. The molecule has 0 aromatic rings. The van der Waals surface area contributed by atoms with Gasteiger partial charge in [-0.2, -0.15) is 0 Å². The lowest BCUT2D eigenvalue weighted by Gasteiger charge is -2.33. The molecule has 0 heterocycles. The minimum absolute atomic E-state index is 0. The van der Waals surface area contributed by atoms with E-state index in [0.717, 1.165) is 12.8 Å². The molecule has 7 heteroatoms. The average molecular weight is 265 g/mol. The van der Waals surface area contributed by atoms with Gasteiger partial charge in [0, 0.05) is 32.3 Å². The molecule has 0 aliphatic carbocycles. The van der Waals surface area contributed by atoms with Crippen LogP contribution >= 0.6 is 0 Å². The number of hydrogen-bond acceptors (Lipinski definition) is 5. The van der Waals surface area contributed by atoms with E-state index in [1.165, 1.54) is 0 Å². The van der Waals surface area contributed by atoms with Crippen LogP contribution in [0.25, 0.3) is 0 Å². The highest BCUT2D eigenvalue weighted by Gasteiger charge is 2.48. The second-order valence-electron chi connectivity index (χ2n) is 3.20. The van der Waals surface area contributed by atoms with Gasteiger partial charge in [0.05, 0.1) is 0 Å². The van der Waals surface area contributed by atoms with Crippen molar-refractivity contribution >= 4 is 19.8 Å². The molecule has 0 spiro atoms. The zero-order valence-electron chi connectivity index (χ0n) is 10.8. The molecule has 0 bridgehead atoms. The van der Waals surface area contributed by atoms with Gasteiger partial charge >= 0.3 is 8.80 Å². The van der Waals surface area contributed by atoms with E-state index in [-0.39, 0.29) is 22.9 Å². The maximum absolute atomic E-state index is 5.74. The van der Waals surface area contributed by atoms with E-state index in [9.17, 15) is 0 Å². The predicted molar refractivity (Wildman–Crippen MR) is 66.0 cm³/mol. The molecule has 96 valence electrons. The van der Waals surface area contributed by atoms with Crippen LogP contribution in [-0.2, 0) is 18.0 Å². The second-order valence-corrected chi connectivity index (χ2v) is 6.27. The molecule has 16 heavy (non-hydrogen) atoms. The molecule has 0 aliphatic heterocycles. The first-order valence-electron chi connectivity index (χ1n) is 5.16. The summed E-state index contributed by atoms with van der Waals surface area (Å²) in [5.41, 5.74) is 5.53. The molecule has 4 radical (unpaired) electrons. The van der Waals surface area contributed by atoms with Crippen LogP contribution < -0.4 is 5.73 Å². The fourth-order valence-corrected chi connectivity index (χ4v) is 3.51. The summed E-state index contributed by atoms with van der Waals surface area (Å²) in [4.78, 5) is 0. The van der Waals surface area contributed by atoms with Gasteiger partial charge in [-0.25, -0.2) is 0 Å². The Morgan fingerprint density at radius 3 is 1.69 bits per heavy atom. The Labute approximate surface area is 104 Å². The molecular weight excluding hydrogens is 242 g/mol. The van der Waals surface area contributed by atoms with Crippen LogP contribution in [0.3, 0.4) is 0 Å². The summed E-state index contributed by atoms with van der Waals surface area (Å²) in [6.07, 6.45) is 1.19. The molecule has 0 aliphatic rings. The maximum atomic E-state index is 5.74. The number of hydrogen-bond donors (Lipinski definition) is 1. The Morgan fingerprint density at radius 1 is 1.00 bits per heavy atom. The average Bonchev–Trinajstić information content (AvgIpc) is 2.29. The van der Waals surface area contributed by atoms with Crippen LogP contribution in [0.2, 0.25) is 0 Å². The second kappa shape index (κ2) is 9.28. The topological polar surface area (TPSA) is 62.9 Å². The van der Waals surface area contributed by atoms with Gasteiger partial charge in [0.1, 0.15) is 12.0 Å². The van der Waals surface area contributed by atoms with E-state index in [2.05, 4.69) is 0 Å². The van der Waals surface area contributed by atoms with Gasteiger partial charge in [0.25, 0.3) is 0 Å². The van der Waals surface area contributed by atoms with Crippen molar-refractivity contribution in [1.29, 1.82) is 0 Å². The van der Waals surface area contributed by atoms with E-state index in [0.29, 0.717) is 0 Å². The van der Waals surface area contributed by atoms with Crippen LogP contribution in [0.1, 0.15) is 26.7 Å². The van der Waals surface area contributed by atoms with Gasteiger partial charge < -0.3 is 23.7 Å². The maximum Gasteiger partial charge on any atom is 0.530 e. The first-order chi connectivity index (χ1) is 7.10. The summed E-state index contributed by atoms with van der Waals surface area (Å²) in [6.45, 7) is 3.96. The predicted octanol–water partition coefficient (Wildman–Crippen LogP) is 0.513. The summed E-state index contributed by atoms with van der Waals surface area (Å²) >= 11 is 0. The summed E-state index contributed by atoms with van der Waals surface area (Å²) in [5.74, 6) is 0. The third-order valence-electron chi connectivity index (χ3n) is 2.36. The highest BCUT2D eigenvalue weighted by Crippen LogP contribution is 2.19. The lowest BCUT2D eigenvalue weighted by molar-refractivity contribution is -0.0282. The minimum Gasteiger partial charge on any atom is -0.375 e. The van der Waals surface area contributed by atoms with Gasteiger partial charge in [-0.3, -0.25) is 0 Å². The summed E-state index contributed by atoms with van der Waals surface area (Å²) in [5, 5.41) is 0. The van der Waals surface area contributed by atoms with E-state index in [1.807, 2.05) is 13.8 Å². The van der Waals surface area contributed by atoms with Crippen molar-refractivity contribution < 1.29 is 18.0 Å². The first-order valence-corrected chi connectivity index (χ1v) is 6.96. The molecule has 0 saturated carbocycles. The lowest BCUT2D eigenvalue weighted by Crippen LogP contribution is -2.56. The van der Waals surface area contributed by atoms with Gasteiger partial charge in [-0.1, -0.05) is 13.8 Å². The molecule has 0 amide bonds. The van der Waals surface area contributed by atoms with Crippen LogP contribution in [-0.4, -0.2) is 53.1 Å². The largest absolute Gasteiger partial charge is 0.530 e. The van der Waals surface area contributed by atoms with Crippen molar-refractivity contribution in [3.63, 3.8) is 0 Å². The van der Waals surface area contributed by atoms with Crippen molar-refractivity contribution in [1.82, 2.24) is 0 Å². The molecular formula is C9H23NO4Si2. The van der Waals surface area contributed by atoms with Crippen molar-refractivity contribution in [2.45, 2.75) is 38.6 Å². The summed E-state index contributed by atoms with van der Waals surface area (Å²) in [7, 11) is 1.99. The molecule has 0 aromatic heterocycles. The third kappa shape index (κ3) is 4.62. The molecule has 2 unspecified atom stereocenters. The van der Waals surface area contributed by atoms with E-state index < -0.39 is 8.80 Å². The molecule has 2 N–H and O–H groups in total. The number of nitrogens with two attached hydrogens (primary N) is 1. The fourth-order valence-electron chi connectivity index (χ4n) is 1.38. The third-order valence-corrected chi connectivity index (χ3v) is 5.40. The highest BCUT2D eigenvalue weighted by atomic mass is 28.4. The van der Waals surface area contributed by atoms with Crippen molar-refractivity contribution in [3.8, 4) is 0 Å². The van der Waals surface area contributed by atoms with Crippen LogP contribution in [0.5, 0.6) is 0 Å². The molecule has 0 fully saturated rings. The van der Waals surface area contributed by atoms with Crippen molar-refractivity contribution in [2.75, 3.05) is 21.3 Å². The van der Waals surface area contributed by atoms with Crippen molar-refractivity contribution in [3.05, 3.63) is 0 Å². The van der Waals surface area contributed by atoms with E-state index >= 15 is 0 Å². The van der Waals surface area contributed by atoms with E-state index in [1.54, 1.807) is 21.3 Å². The number of ether oxygens (including phenoxy) is 1. The van der Waals surface area contributed by atoms with Gasteiger partial charge in [-0.15, -0.1) is 0 Å². The summed E-state index contributed by atoms with van der Waals surface area (Å²) < 4.78 is 21.7. The van der Waals surface area contributed by atoms with Crippen molar-refractivity contribution in [2.24, 2.45) is 5.73 Å². The highest BCUT2D eigenvalue weighted by molar-refractivity contribution is 6.62. The zero-order chi connectivity index (χ0) is 11.9. The lowest BCUT2D eigenvalue weighted by atomic mass is 10.4. The smallest absolute Gasteiger partial charge is 0.375 e. The minimum atomic E-state index is -2.73.